The minimum Gasteiger partial charge on any atom is -0.456 e. The van der Waals surface area contributed by atoms with Crippen LogP contribution in [-0.4, -0.2) is 64.7 Å². The lowest BCUT2D eigenvalue weighted by Crippen LogP contribution is -2.27. The van der Waals surface area contributed by atoms with Gasteiger partial charge in [-0.2, -0.15) is 0 Å². The molecule has 1 heterocycles. The molecule has 322 valence electrons. The van der Waals surface area contributed by atoms with Crippen molar-refractivity contribution in [1.82, 2.24) is 4.90 Å². The first-order chi connectivity index (χ1) is 30.5. The third kappa shape index (κ3) is 9.97. The van der Waals surface area contributed by atoms with E-state index < -0.39 is 14.8 Å². The highest BCUT2D eigenvalue weighted by Gasteiger charge is 2.29. The number of hydrogen-bond donors (Lipinski definition) is 0. The van der Waals surface area contributed by atoms with Crippen molar-refractivity contribution < 1.29 is 24.3 Å². The highest BCUT2D eigenvalue weighted by molar-refractivity contribution is 6.16. The van der Waals surface area contributed by atoms with Crippen LogP contribution in [0.3, 0.4) is 0 Å². The molecule has 14 heteroatoms. The van der Waals surface area contributed by atoms with E-state index in [0.29, 0.717) is 75.6 Å². The Hall–Kier alpha value is -7.61. The molecule has 0 atom stereocenters. The SMILES string of the molecule is CCN(CCc1ccc([N+](=O)[O-])cc1)C1=CC(=O)C(=C2c3ccc(N(CC)CCc4ccc([N+](=O)[O-])cc4)cc3Oc3cc(N(CC)CCc4ccc([N+](=O)[O-])cc4)ccc32)C=C1. The maximum Gasteiger partial charge on any atom is 0.269 e. The number of ketones is 1. The number of likely N-dealkylation sites (N-methyl/N-ethyl adjacent to an activating group) is 3. The summed E-state index contributed by atoms with van der Waals surface area (Å²) in [6.45, 7) is 10.2. The second-order valence-corrected chi connectivity index (χ2v) is 15.3. The Labute approximate surface area is 365 Å². The molecule has 0 saturated heterocycles. The van der Waals surface area contributed by atoms with E-state index in [1.165, 1.54) is 36.4 Å². The van der Waals surface area contributed by atoms with Crippen molar-refractivity contribution in [2.24, 2.45) is 0 Å². The van der Waals surface area contributed by atoms with Gasteiger partial charge in [-0.25, -0.2) is 0 Å². The van der Waals surface area contributed by atoms with Crippen LogP contribution in [0.4, 0.5) is 28.4 Å². The van der Waals surface area contributed by atoms with E-state index in [1.54, 1.807) is 42.5 Å². The van der Waals surface area contributed by atoms with E-state index in [-0.39, 0.29) is 22.8 Å². The predicted molar refractivity (Wildman–Crippen MR) is 245 cm³/mol. The van der Waals surface area contributed by atoms with Crippen molar-refractivity contribution in [2.45, 2.75) is 40.0 Å². The van der Waals surface area contributed by atoms with Crippen LogP contribution in [0, 0.1) is 30.3 Å². The van der Waals surface area contributed by atoms with Gasteiger partial charge >= 0.3 is 0 Å². The summed E-state index contributed by atoms with van der Waals surface area (Å²) in [6.07, 6.45) is 7.52. The summed E-state index contributed by atoms with van der Waals surface area (Å²) in [7, 11) is 0. The lowest BCUT2D eigenvalue weighted by molar-refractivity contribution is -0.385. The van der Waals surface area contributed by atoms with Gasteiger partial charge < -0.3 is 19.4 Å². The molecule has 0 fully saturated rings. The lowest BCUT2D eigenvalue weighted by Gasteiger charge is -2.30. The van der Waals surface area contributed by atoms with Gasteiger partial charge in [-0.15, -0.1) is 0 Å². The number of hydrogen-bond acceptors (Lipinski definition) is 11. The molecule has 5 aromatic carbocycles. The van der Waals surface area contributed by atoms with Gasteiger partial charge in [0.25, 0.3) is 17.1 Å². The minimum absolute atomic E-state index is 0.0450. The van der Waals surface area contributed by atoms with Crippen molar-refractivity contribution in [1.29, 1.82) is 0 Å². The summed E-state index contributed by atoms with van der Waals surface area (Å²) >= 11 is 0. The quantitative estimate of drug-likeness (QED) is 0.0459. The molecule has 0 radical (unpaired) electrons. The molecule has 0 amide bonds. The number of allylic oxidation sites excluding steroid dienone is 4. The zero-order valence-electron chi connectivity index (χ0n) is 35.4. The van der Waals surface area contributed by atoms with Crippen LogP contribution >= 0.6 is 0 Å². The van der Waals surface area contributed by atoms with Crippen LogP contribution in [0.2, 0.25) is 0 Å². The van der Waals surface area contributed by atoms with Gasteiger partial charge in [0.2, 0.25) is 0 Å². The summed E-state index contributed by atoms with van der Waals surface area (Å²) in [5, 5.41) is 33.5. The highest BCUT2D eigenvalue weighted by Crippen LogP contribution is 2.48. The van der Waals surface area contributed by atoms with E-state index in [1.807, 2.05) is 55.5 Å². The zero-order chi connectivity index (χ0) is 44.6. The Balaban J connectivity index is 1.19. The van der Waals surface area contributed by atoms with Gasteiger partial charge in [0.1, 0.15) is 11.5 Å². The number of non-ortho nitro benzene ring substituents is 3. The molecule has 1 aliphatic carbocycles. The van der Waals surface area contributed by atoms with Crippen LogP contribution in [0.1, 0.15) is 48.6 Å². The summed E-state index contributed by atoms with van der Waals surface area (Å²) in [5.74, 6) is 1.08. The highest BCUT2D eigenvalue weighted by atomic mass is 16.6. The number of carbonyl (C=O) groups excluding carboxylic acids is 1. The average molecular weight is 849 g/mol. The van der Waals surface area contributed by atoms with Crippen LogP contribution in [0.25, 0.3) is 5.57 Å². The number of ether oxygens (including phenoxy) is 1. The Morgan fingerprint density at radius 3 is 1.24 bits per heavy atom. The second-order valence-electron chi connectivity index (χ2n) is 15.3. The molecule has 0 aromatic heterocycles. The fourth-order valence-corrected chi connectivity index (χ4v) is 8.02. The Kier molecular flexibility index (Phi) is 13.4. The fraction of sp³-hybridized carbons (Fsp3) is 0.245. The van der Waals surface area contributed by atoms with E-state index in [4.69, 9.17) is 4.74 Å². The van der Waals surface area contributed by atoms with Crippen molar-refractivity contribution in [3.05, 3.63) is 197 Å². The molecule has 0 spiro atoms. The molecule has 2 aliphatic rings. The van der Waals surface area contributed by atoms with Gasteiger partial charge in [0.05, 0.1) is 14.8 Å². The molecular weight excluding hydrogens is 801 g/mol. The van der Waals surface area contributed by atoms with Crippen molar-refractivity contribution >= 4 is 39.8 Å². The van der Waals surface area contributed by atoms with Gasteiger partial charge in [-0.3, -0.25) is 35.1 Å². The van der Waals surface area contributed by atoms with E-state index in [2.05, 4.69) is 28.5 Å². The van der Waals surface area contributed by atoms with Crippen molar-refractivity contribution in [3.8, 4) is 11.5 Å². The maximum atomic E-state index is 14.3. The first-order valence-electron chi connectivity index (χ1n) is 21.1. The minimum atomic E-state index is -0.413. The smallest absolute Gasteiger partial charge is 0.269 e. The summed E-state index contributed by atoms with van der Waals surface area (Å²) in [5.41, 5.74) is 8.59. The van der Waals surface area contributed by atoms with E-state index >= 15 is 0 Å². The standard InChI is InChI=1S/C49H48N6O8/c1-4-50(28-25-34-7-13-37(14-8-34)53(57)58)40-19-22-43(46(56)31-40)49-44-23-20-41(51(5-2)29-26-35-9-15-38(16-10-35)54(59)60)32-47(44)63-48-33-42(21-24-45(48)49)52(6-3)30-27-36-11-17-39(18-12-36)55(61)62/h7-24,31-33H,4-6,25-30H2,1-3H3. The van der Waals surface area contributed by atoms with Crippen molar-refractivity contribution in [2.75, 3.05) is 49.1 Å². The third-order valence-electron chi connectivity index (χ3n) is 11.6. The predicted octanol–water partition coefficient (Wildman–Crippen LogP) is 10.0. The number of fused-ring (bicyclic) bond motifs is 2. The van der Waals surface area contributed by atoms with Gasteiger partial charge in [0, 0.05) is 133 Å². The number of carbonyl (C=O) groups is 1. The first-order valence-corrected chi connectivity index (χ1v) is 21.1. The fourth-order valence-electron chi connectivity index (χ4n) is 8.02. The normalized spacial score (nSPS) is 12.8. The lowest BCUT2D eigenvalue weighted by atomic mass is 9.86. The maximum absolute atomic E-state index is 14.3. The molecule has 14 nitrogen and oxygen atoms in total. The molecule has 1 aliphatic heterocycles. The first kappa shape index (κ1) is 43.5. The van der Waals surface area contributed by atoms with Crippen LogP contribution < -0.4 is 14.5 Å². The molecular formula is C49H48N6O8. The summed E-state index contributed by atoms with van der Waals surface area (Å²) < 4.78 is 6.76. The molecule has 0 saturated carbocycles. The number of anilines is 2. The average Bonchev–Trinajstić information content (AvgIpc) is 3.29. The van der Waals surface area contributed by atoms with E-state index in [9.17, 15) is 35.1 Å². The Morgan fingerprint density at radius 2 is 0.889 bits per heavy atom. The van der Waals surface area contributed by atoms with Crippen LogP contribution in [0.5, 0.6) is 11.5 Å². The zero-order valence-corrected chi connectivity index (χ0v) is 35.4. The van der Waals surface area contributed by atoms with Gasteiger partial charge in [0.15, 0.2) is 5.78 Å². The van der Waals surface area contributed by atoms with Crippen molar-refractivity contribution in [3.63, 3.8) is 0 Å². The number of benzene rings is 5. The summed E-state index contributed by atoms with van der Waals surface area (Å²) in [4.78, 5) is 53.2. The topological polar surface area (TPSA) is 165 Å². The number of nitro groups is 3. The number of rotatable bonds is 18. The molecule has 0 bridgehead atoms. The number of nitrogens with zero attached hydrogens (tertiary/aromatic N) is 6. The van der Waals surface area contributed by atoms with Crippen LogP contribution in [-0.2, 0) is 24.1 Å². The summed E-state index contributed by atoms with van der Waals surface area (Å²) in [6, 6.07) is 31.9. The van der Waals surface area contributed by atoms with Gasteiger partial charge in [-0.1, -0.05) is 36.4 Å². The largest absolute Gasteiger partial charge is 0.456 e. The molecule has 7 rings (SSSR count). The second kappa shape index (κ2) is 19.4. The third-order valence-corrected chi connectivity index (χ3v) is 11.6. The molecule has 0 N–H and O–H groups in total. The molecule has 5 aromatic rings. The Morgan fingerprint density at radius 1 is 0.508 bits per heavy atom. The Bertz CT molecular complexity index is 2500. The monoisotopic (exact) mass is 848 g/mol. The number of nitro benzene ring substituents is 3. The van der Waals surface area contributed by atoms with E-state index in [0.717, 1.165) is 50.5 Å². The van der Waals surface area contributed by atoms with Crippen LogP contribution in [0.15, 0.2) is 139 Å². The molecule has 63 heavy (non-hydrogen) atoms. The van der Waals surface area contributed by atoms with Gasteiger partial charge in [-0.05, 0) is 93.1 Å². The molecule has 0 unspecified atom stereocenters.